The van der Waals surface area contributed by atoms with Gasteiger partial charge in [0.15, 0.2) is 5.13 Å². The van der Waals surface area contributed by atoms with Crippen molar-refractivity contribution in [3.63, 3.8) is 0 Å². The van der Waals surface area contributed by atoms with E-state index >= 15 is 0 Å². The molecule has 1 unspecified atom stereocenters. The number of hydrogen-bond acceptors (Lipinski definition) is 8. The first-order chi connectivity index (χ1) is 15.1. The van der Waals surface area contributed by atoms with Crippen LogP contribution in [0.1, 0.15) is 40.0 Å². The predicted octanol–water partition coefficient (Wildman–Crippen LogP) is 4.05. The molecule has 0 saturated heterocycles. The summed E-state index contributed by atoms with van der Waals surface area (Å²) in [6.07, 6.45) is 0.378. The van der Waals surface area contributed by atoms with Gasteiger partial charge in [-0.3, -0.25) is 9.59 Å². The van der Waals surface area contributed by atoms with Crippen LogP contribution in [0, 0.1) is 0 Å². The number of anilines is 1. The van der Waals surface area contributed by atoms with Gasteiger partial charge < -0.3 is 20.1 Å². The summed E-state index contributed by atoms with van der Waals surface area (Å²) < 4.78 is 9.90. The maximum Gasteiger partial charge on any atom is 0.328 e. The Kier molecular flexibility index (Phi) is 9.46. The van der Waals surface area contributed by atoms with Gasteiger partial charge in [-0.1, -0.05) is 29.8 Å². The van der Waals surface area contributed by atoms with Crippen LogP contribution >= 0.6 is 22.9 Å². The average molecular weight is 482 g/mol. The van der Waals surface area contributed by atoms with Gasteiger partial charge in [-0.05, 0) is 33.3 Å². The second-order valence-corrected chi connectivity index (χ2v) is 9.25. The fraction of sp³-hybridized carbons (Fsp3) is 0.455. The third-order valence-electron chi connectivity index (χ3n) is 4.12. The SMILES string of the molecule is COC(=O)C(CC(=O)OC(C)(C)C)NC(=O)CCCNc1nc(-c2ccccc2Cl)cs1. The van der Waals surface area contributed by atoms with Gasteiger partial charge in [0.05, 0.1) is 19.2 Å². The molecule has 2 rings (SSSR count). The predicted molar refractivity (Wildman–Crippen MR) is 125 cm³/mol. The van der Waals surface area contributed by atoms with Crippen LogP contribution in [-0.2, 0) is 23.9 Å². The first-order valence-electron chi connectivity index (χ1n) is 10.1. The molecule has 0 fully saturated rings. The van der Waals surface area contributed by atoms with E-state index in [4.69, 9.17) is 16.3 Å². The van der Waals surface area contributed by atoms with E-state index in [0.29, 0.717) is 18.0 Å². The van der Waals surface area contributed by atoms with E-state index in [1.807, 2.05) is 29.6 Å². The largest absolute Gasteiger partial charge is 0.467 e. The fourth-order valence-corrected chi connectivity index (χ4v) is 3.72. The van der Waals surface area contributed by atoms with Crippen molar-refractivity contribution >= 4 is 45.9 Å². The summed E-state index contributed by atoms with van der Waals surface area (Å²) in [7, 11) is 1.20. The van der Waals surface area contributed by atoms with E-state index in [2.05, 4.69) is 20.4 Å². The number of nitrogens with one attached hydrogen (secondary N) is 2. The van der Waals surface area contributed by atoms with Gasteiger partial charge in [-0.2, -0.15) is 0 Å². The molecule has 1 aromatic carbocycles. The molecule has 0 radical (unpaired) electrons. The Morgan fingerprint density at radius 1 is 1.22 bits per heavy atom. The van der Waals surface area contributed by atoms with Gasteiger partial charge in [-0.25, -0.2) is 9.78 Å². The number of halogens is 1. The topological polar surface area (TPSA) is 107 Å². The number of amides is 1. The van der Waals surface area contributed by atoms with E-state index in [1.165, 1.54) is 18.4 Å². The van der Waals surface area contributed by atoms with Gasteiger partial charge >= 0.3 is 11.9 Å². The van der Waals surface area contributed by atoms with Gasteiger partial charge in [0.1, 0.15) is 11.6 Å². The lowest BCUT2D eigenvalue weighted by Gasteiger charge is -2.22. The van der Waals surface area contributed by atoms with E-state index in [-0.39, 0.29) is 18.7 Å². The zero-order valence-corrected chi connectivity index (χ0v) is 20.1. The Morgan fingerprint density at radius 2 is 1.94 bits per heavy atom. The highest BCUT2D eigenvalue weighted by molar-refractivity contribution is 7.14. The minimum absolute atomic E-state index is 0.164. The summed E-state index contributed by atoms with van der Waals surface area (Å²) >= 11 is 7.65. The molecule has 0 aliphatic carbocycles. The van der Waals surface area contributed by atoms with Crippen LogP contribution in [0.25, 0.3) is 11.3 Å². The maximum absolute atomic E-state index is 12.3. The standard InChI is InChI=1S/C22H28ClN3O5S/c1-22(2,3)31-19(28)12-16(20(29)30-4)25-18(27)10-7-11-24-21-26-17(13-32-21)14-8-5-6-9-15(14)23/h5-6,8-9,13,16H,7,10-12H2,1-4H3,(H,24,26)(H,25,27). The summed E-state index contributed by atoms with van der Waals surface area (Å²) in [6.45, 7) is 5.69. The summed E-state index contributed by atoms with van der Waals surface area (Å²) in [5.74, 6) is -1.65. The van der Waals surface area contributed by atoms with Crippen LogP contribution < -0.4 is 10.6 Å². The van der Waals surface area contributed by atoms with E-state index in [1.54, 1.807) is 20.8 Å². The van der Waals surface area contributed by atoms with Crippen molar-refractivity contribution in [1.82, 2.24) is 10.3 Å². The summed E-state index contributed by atoms with van der Waals surface area (Å²) in [5, 5.41) is 8.98. The number of thiazole rings is 1. The van der Waals surface area contributed by atoms with Crippen LogP contribution in [0.2, 0.25) is 5.02 Å². The van der Waals surface area contributed by atoms with E-state index in [0.717, 1.165) is 16.4 Å². The molecule has 0 spiro atoms. The summed E-state index contributed by atoms with van der Waals surface area (Å²) in [5.41, 5.74) is 0.954. The molecule has 32 heavy (non-hydrogen) atoms. The zero-order chi connectivity index (χ0) is 23.7. The molecule has 1 atom stereocenters. The van der Waals surface area contributed by atoms with Crippen molar-refractivity contribution in [3.05, 3.63) is 34.7 Å². The summed E-state index contributed by atoms with van der Waals surface area (Å²) in [4.78, 5) is 40.7. The highest BCUT2D eigenvalue weighted by atomic mass is 35.5. The molecular weight excluding hydrogens is 454 g/mol. The molecule has 1 amide bonds. The molecule has 0 bridgehead atoms. The lowest BCUT2D eigenvalue weighted by molar-refractivity contribution is -0.159. The molecular formula is C22H28ClN3O5S. The Hall–Kier alpha value is -2.65. The van der Waals surface area contributed by atoms with Crippen LogP contribution in [-0.4, -0.2) is 48.1 Å². The third kappa shape index (κ3) is 8.47. The number of nitrogens with zero attached hydrogens (tertiary/aromatic N) is 1. The molecule has 1 aromatic heterocycles. The molecule has 174 valence electrons. The van der Waals surface area contributed by atoms with Crippen LogP contribution in [0.15, 0.2) is 29.6 Å². The number of carbonyl (C=O) groups excluding carboxylic acids is 3. The lowest BCUT2D eigenvalue weighted by atomic mass is 10.1. The highest BCUT2D eigenvalue weighted by Crippen LogP contribution is 2.30. The Balaban J connectivity index is 1.79. The zero-order valence-electron chi connectivity index (χ0n) is 18.6. The monoisotopic (exact) mass is 481 g/mol. The Labute approximate surface area is 196 Å². The molecule has 10 heteroatoms. The first-order valence-corrected chi connectivity index (χ1v) is 11.4. The quantitative estimate of drug-likeness (QED) is 0.389. The van der Waals surface area contributed by atoms with Gasteiger partial charge in [-0.15, -0.1) is 11.3 Å². The molecule has 0 aliphatic rings. The number of hydrogen-bond donors (Lipinski definition) is 2. The number of rotatable bonds is 10. The van der Waals surface area contributed by atoms with Gasteiger partial charge in [0.2, 0.25) is 5.91 Å². The van der Waals surface area contributed by atoms with Gasteiger partial charge in [0, 0.05) is 28.9 Å². The fourth-order valence-electron chi connectivity index (χ4n) is 2.74. The van der Waals surface area contributed by atoms with Crippen LogP contribution in [0.5, 0.6) is 0 Å². The molecule has 0 saturated carbocycles. The number of esters is 2. The van der Waals surface area contributed by atoms with Crippen LogP contribution in [0.3, 0.4) is 0 Å². The molecule has 2 N–H and O–H groups in total. The maximum atomic E-state index is 12.3. The molecule has 1 heterocycles. The minimum Gasteiger partial charge on any atom is -0.467 e. The number of methoxy groups -OCH3 is 1. The first kappa shape index (κ1) is 25.6. The van der Waals surface area contributed by atoms with Crippen molar-refractivity contribution < 1.29 is 23.9 Å². The molecule has 8 nitrogen and oxygen atoms in total. The normalized spacial score (nSPS) is 12.0. The van der Waals surface area contributed by atoms with Gasteiger partial charge in [0.25, 0.3) is 0 Å². The van der Waals surface area contributed by atoms with Crippen molar-refractivity contribution in [1.29, 1.82) is 0 Å². The second kappa shape index (κ2) is 11.8. The van der Waals surface area contributed by atoms with E-state index in [9.17, 15) is 14.4 Å². The Morgan fingerprint density at radius 3 is 2.59 bits per heavy atom. The highest BCUT2D eigenvalue weighted by Gasteiger charge is 2.27. The van der Waals surface area contributed by atoms with Crippen molar-refractivity contribution in [2.24, 2.45) is 0 Å². The van der Waals surface area contributed by atoms with Crippen molar-refractivity contribution in [2.75, 3.05) is 19.0 Å². The number of ether oxygens (including phenoxy) is 2. The third-order valence-corrected chi connectivity index (χ3v) is 5.25. The Bertz CT molecular complexity index is 942. The van der Waals surface area contributed by atoms with Crippen LogP contribution in [0.4, 0.5) is 5.13 Å². The lowest BCUT2D eigenvalue weighted by Crippen LogP contribution is -2.43. The molecule has 0 aliphatic heterocycles. The average Bonchev–Trinajstić information content (AvgIpc) is 3.17. The van der Waals surface area contributed by atoms with Crippen molar-refractivity contribution in [2.45, 2.75) is 51.7 Å². The molecule has 2 aromatic rings. The second-order valence-electron chi connectivity index (χ2n) is 7.98. The van der Waals surface area contributed by atoms with E-state index < -0.39 is 23.6 Å². The summed E-state index contributed by atoms with van der Waals surface area (Å²) in [6, 6.07) is 6.39. The smallest absolute Gasteiger partial charge is 0.328 e. The number of aromatic nitrogens is 1. The number of carbonyl (C=O) groups is 3. The van der Waals surface area contributed by atoms with Crippen molar-refractivity contribution in [3.8, 4) is 11.3 Å². The number of benzene rings is 1. The minimum atomic E-state index is -1.09.